The minimum absolute atomic E-state index is 0.0625. The van der Waals surface area contributed by atoms with Gasteiger partial charge in [0.25, 0.3) is 5.91 Å². The zero-order valence-electron chi connectivity index (χ0n) is 22.1. The summed E-state index contributed by atoms with van der Waals surface area (Å²) < 4.78 is 5.63. The smallest absolute Gasteiger partial charge is 0.251 e. The molecule has 3 heterocycles. The molecule has 1 saturated carbocycles. The minimum Gasteiger partial charge on any atom is -0.497 e. The quantitative estimate of drug-likeness (QED) is 0.473. The summed E-state index contributed by atoms with van der Waals surface area (Å²) in [6, 6.07) is 19.8. The van der Waals surface area contributed by atoms with Crippen LogP contribution in [0.1, 0.15) is 85.3 Å². The van der Waals surface area contributed by atoms with E-state index in [1.54, 1.807) is 7.11 Å². The number of amides is 1. The summed E-state index contributed by atoms with van der Waals surface area (Å²) in [6.45, 7) is 5.04. The Labute approximate surface area is 221 Å². The molecule has 1 aliphatic carbocycles. The lowest BCUT2D eigenvalue weighted by Crippen LogP contribution is -2.60. The third-order valence-corrected chi connectivity index (χ3v) is 9.50. The molecule has 37 heavy (non-hydrogen) atoms. The summed E-state index contributed by atoms with van der Waals surface area (Å²) in [5.41, 5.74) is 3.29. The first-order chi connectivity index (χ1) is 18.2. The first kappa shape index (κ1) is 24.7. The van der Waals surface area contributed by atoms with Gasteiger partial charge in [-0.15, -0.1) is 6.58 Å². The van der Waals surface area contributed by atoms with Gasteiger partial charge in [-0.1, -0.05) is 49.6 Å². The molecule has 3 saturated heterocycles. The standard InChI is InChI=1S/C32H41N3O2/c1-3-20-34-27-16-17-28(34)30-19-18-29(27)35(30)31(24-8-7-11-26(21-24)37-2)22-12-14-23(15-13-22)32(36)33-25-9-5-4-6-10-25/h3,7-8,11-15,21,25,27-31H,1,4-6,9-10,16-20H2,2H3,(H,33,36). The molecular formula is C32H41N3O2. The van der Waals surface area contributed by atoms with Gasteiger partial charge in [0.15, 0.2) is 0 Å². The van der Waals surface area contributed by atoms with Crippen molar-refractivity contribution < 1.29 is 9.53 Å². The molecule has 5 heteroatoms. The third kappa shape index (κ3) is 4.61. The van der Waals surface area contributed by atoms with Crippen molar-refractivity contribution in [1.29, 1.82) is 0 Å². The van der Waals surface area contributed by atoms with Gasteiger partial charge in [0, 0.05) is 42.3 Å². The van der Waals surface area contributed by atoms with Crippen molar-refractivity contribution in [2.24, 2.45) is 0 Å². The molecule has 3 aliphatic heterocycles. The van der Waals surface area contributed by atoms with Gasteiger partial charge < -0.3 is 10.1 Å². The van der Waals surface area contributed by atoms with E-state index in [1.807, 2.05) is 18.2 Å². The SMILES string of the molecule is C=CCN1C2CCC1C1CCC2N1C(c1ccc(C(=O)NC2CCCCC2)cc1)c1cccc(OC)c1. The number of ether oxygens (including phenoxy) is 1. The Kier molecular flexibility index (Phi) is 7.09. The number of hydrogen-bond donors (Lipinski definition) is 1. The summed E-state index contributed by atoms with van der Waals surface area (Å²) in [5.74, 6) is 0.958. The highest BCUT2D eigenvalue weighted by Crippen LogP contribution is 2.50. The molecule has 4 aliphatic rings. The van der Waals surface area contributed by atoms with E-state index in [0.717, 1.165) is 30.7 Å². The Hall–Kier alpha value is -2.63. The van der Waals surface area contributed by atoms with Crippen LogP contribution in [0.3, 0.4) is 0 Å². The molecule has 0 radical (unpaired) electrons. The van der Waals surface area contributed by atoms with Crippen LogP contribution in [0.4, 0.5) is 0 Å². The number of piperazine rings is 1. The fourth-order valence-corrected chi connectivity index (χ4v) is 7.90. The molecule has 2 aromatic carbocycles. The van der Waals surface area contributed by atoms with Crippen LogP contribution in [0, 0.1) is 0 Å². The molecule has 196 valence electrons. The van der Waals surface area contributed by atoms with Crippen LogP contribution in [0.15, 0.2) is 61.2 Å². The van der Waals surface area contributed by atoms with Crippen molar-refractivity contribution in [3.63, 3.8) is 0 Å². The van der Waals surface area contributed by atoms with Crippen LogP contribution in [-0.2, 0) is 0 Å². The predicted octanol–water partition coefficient (Wildman–Crippen LogP) is 5.71. The van der Waals surface area contributed by atoms with Crippen molar-refractivity contribution in [2.75, 3.05) is 13.7 Å². The van der Waals surface area contributed by atoms with Gasteiger partial charge in [-0.25, -0.2) is 0 Å². The lowest BCUT2D eigenvalue weighted by molar-refractivity contribution is -0.00329. The van der Waals surface area contributed by atoms with Crippen molar-refractivity contribution >= 4 is 5.91 Å². The number of hydrogen-bond acceptors (Lipinski definition) is 4. The highest BCUT2D eigenvalue weighted by molar-refractivity contribution is 5.94. The van der Waals surface area contributed by atoms with Gasteiger partial charge in [0.05, 0.1) is 13.2 Å². The van der Waals surface area contributed by atoms with E-state index in [9.17, 15) is 4.79 Å². The largest absolute Gasteiger partial charge is 0.497 e. The Morgan fingerprint density at radius 3 is 2.27 bits per heavy atom. The second-order valence-electron chi connectivity index (χ2n) is 11.5. The first-order valence-corrected chi connectivity index (χ1v) is 14.4. The summed E-state index contributed by atoms with van der Waals surface area (Å²) in [7, 11) is 1.74. The third-order valence-electron chi connectivity index (χ3n) is 9.50. The topological polar surface area (TPSA) is 44.8 Å². The van der Waals surface area contributed by atoms with Crippen LogP contribution in [0.25, 0.3) is 0 Å². The predicted molar refractivity (Wildman–Crippen MR) is 148 cm³/mol. The molecular weight excluding hydrogens is 458 g/mol. The molecule has 5 atom stereocenters. The molecule has 5 nitrogen and oxygen atoms in total. The Morgan fingerprint density at radius 1 is 0.946 bits per heavy atom. The highest BCUT2D eigenvalue weighted by atomic mass is 16.5. The van der Waals surface area contributed by atoms with Crippen LogP contribution >= 0.6 is 0 Å². The van der Waals surface area contributed by atoms with Crippen LogP contribution in [0.2, 0.25) is 0 Å². The van der Waals surface area contributed by atoms with Gasteiger partial charge in [-0.05, 0) is 73.9 Å². The maximum absolute atomic E-state index is 13.0. The van der Waals surface area contributed by atoms with E-state index in [1.165, 1.54) is 56.1 Å². The maximum atomic E-state index is 13.0. The number of rotatable bonds is 8. The fraction of sp³-hybridized carbons (Fsp3) is 0.531. The van der Waals surface area contributed by atoms with Gasteiger partial charge in [0.2, 0.25) is 0 Å². The lowest BCUT2D eigenvalue weighted by atomic mass is 9.91. The van der Waals surface area contributed by atoms with Crippen molar-refractivity contribution in [2.45, 2.75) is 94.0 Å². The summed E-state index contributed by atoms with van der Waals surface area (Å²) in [4.78, 5) is 18.6. The second kappa shape index (κ2) is 10.6. The molecule has 0 aromatic heterocycles. The molecule has 5 unspecified atom stereocenters. The molecule has 1 amide bonds. The van der Waals surface area contributed by atoms with E-state index in [-0.39, 0.29) is 11.9 Å². The van der Waals surface area contributed by atoms with Gasteiger partial charge >= 0.3 is 0 Å². The van der Waals surface area contributed by atoms with E-state index in [0.29, 0.717) is 30.2 Å². The van der Waals surface area contributed by atoms with E-state index in [2.05, 4.69) is 58.1 Å². The number of benzene rings is 2. The van der Waals surface area contributed by atoms with E-state index in [4.69, 9.17) is 4.74 Å². The van der Waals surface area contributed by atoms with Gasteiger partial charge in [-0.3, -0.25) is 14.6 Å². The van der Waals surface area contributed by atoms with E-state index >= 15 is 0 Å². The van der Waals surface area contributed by atoms with Crippen LogP contribution in [0.5, 0.6) is 5.75 Å². The zero-order valence-corrected chi connectivity index (χ0v) is 22.1. The van der Waals surface area contributed by atoms with Crippen LogP contribution in [-0.4, -0.2) is 59.6 Å². The van der Waals surface area contributed by atoms with Crippen molar-refractivity contribution in [3.8, 4) is 5.75 Å². The Bertz CT molecular complexity index is 1090. The fourth-order valence-electron chi connectivity index (χ4n) is 7.90. The minimum atomic E-state index is 0.0625. The van der Waals surface area contributed by atoms with Gasteiger partial charge in [-0.2, -0.15) is 0 Å². The molecule has 2 aromatic rings. The second-order valence-corrected chi connectivity index (χ2v) is 11.5. The average molecular weight is 500 g/mol. The number of nitrogens with zero attached hydrogens (tertiary/aromatic N) is 2. The number of carbonyl (C=O) groups excluding carboxylic acids is 1. The number of carbonyl (C=O) groups is 1. The molecule has 1 N–H and O–H groups in total. The van der Waals surface area contributed by atoms with Crippen molar-refractivity contribution in [1.82, 2.24) is 15.1 Å². The molecule has 4 fully saturated rings. The van der Waals surface area contributed by atoms with Crippen LogP contribution < -0.4 is 10.1 Å². The number of methoxy groups -OCH3 is 1. The average Bonchev–Trinajstić information content (AvgIpc) is 3.45. The molecule has 6 rings (SSSR count). The number of fused-ring (bicyclic) bond motifs is 6. The lowest BCUT2D eigenvalue weighted by Gasteiger charge is -2.50. The molecule has 4 bridgehead atoms. The summed E-state index contributed by atoms with van der Waals surface area (Å²) >= 11 is 0. The Balaban J connectivity index is 1.31. The maximum Gasteiger partial charge on any atom is 0.251 e. The normalized spacial score (nSPS) is 28.7. The Morgan fingerprint density at radius 2 is 1.62 bits per heavy atom. The van der Waals surface area contributed by atoms with Crippen molar-refractivity contribution in [3.05, 3.63) is 77.9 Å². The molecule has 0 spiro atoms. The highest BCUT2D eigenvalue weighted by Gasteiger charge is 2.56. The number of nitrogens with one attached hydrogen (secondary N) is 1. The summed E-state index contributed by atoms with van der Waals surface area (Å²) in [5, 5.41) is 3.28. The zero-order chi connectivity index (χ0) is 25.4. The van der Waals surface area contributed by atoms with Gasteiger partial charge in [0.1, 0.15) is 5.75 Å². The first-order valence-electron chi connectivity index (χ1n) is 14.4. The van der Waals surface area contributed by atoms with E-state index < -0.39 is 0 Å². The monoisotopic (exact) mass is 499 g/mol. The summed E-state index contributed by atoms with van der Waals surface area (Å²) in [6.07, 6.45) is 13.1.